The number of hydrogen-bond acceptors (Lipinski definition) is 5. The summed E-state index contributed by atoms with van der Waals surface area (Å²) < 4.78 is 44.6. The van der Waals surface area contributed by atoms with E-state index in [-0.39, 0.29) is 37.5 Å². The van der Waals surface area contributed by atoms with Crippen LogP contribution in [0.4, 0.5) is 9.18 Å². The van der Waals surface area contributed by atoms with Gasteiger partial charge in [-0.25, -0.2) is 22.4 Å². The number of ether oxygens (including phenoxy) is 1. The Morgan fingerprint density at radius 1 is 1.03 bits per heavy atom. The average molecular weight is 450 g/mol. The smallest absolute Gasteiger partial charge is 0.328 e. The predicted molar refractivity (Wildman–Crippen MR) is 111 cm³/mol. The Morgan fingerprint density at radius 3 is 2.23 bits per heavy atom. The molecule has 0 bridgehead atoms. The molecule has 0 aromatic heterocycles. The Morgan fingerprint density at radius 2 is 1.65 bits per heavy atom. The largest absolute Gasteiger partial charge is 0.467 e. The van der Waals surface area contributed by atoms with Gasteiger partial charge in [-0.3, -0.25) is 0 Å². The molecule has 0 unspecified atom stereocenters. The second-order valence-corrected chi connectivity index (χ2v) is 9.00. The first kappa shape index (κ1) is 22.7. The number of halogens is 1. The summed E-state index contributed by atoms with van der Waals surface area (Å²) in [5, 5.41) is 2.68. The lowest BCUT2D eigenvalue weighted by Crippen LogP contribution is -2.56. The van der Waals surface area contributed by atoms with E-state index < -0.39 is 33.9 Å². The van der Waals surface area contributed by atoms with Gasteiger partial charge >= 0.3 is 12.0 Å². The number of nitrogens with zero attached hydrogens (tertiary/aromatic N) is 2. The van der Waals surface area contributed by atoms with E-state index in [1.54, 1.807) is 0 Å². The highest BCUT2D eigenvalue weighted by Crippen LogP contribution is 2.18. The van der Waals surface area contributed by atoms with E-state index in [0.717, 1.165) is 17.7 Å². The molecule has 1 atom stereocenters. The molecule has 2 aromatic carbocycles. The summed E-state index contributed by atoms with van der Waals surface area (Å²) in [6, 6.07) is 12.5. The van der Waals surface area contributed by atoms with Crippen molar-refractivity contribution in [3.63, 3.8) is 0 Å². The van der Waals surface area contributed by atoms with Gasteiger partial charge in [0, 0.05) is 32.6 Å². The zero-order chi connectivity index (χ0) is 22.4. The lowest BCUT2D eigenvalue weighted by atomic mass is 10.1. The minimum absolute atomic E-state index is 0.000387. The SMILES string of the molecule is COC(=O)[C@H](Cc1ccccc1)NC(=O)N1CCN(S(=O)(=O)c2ccc(F)cc2)CC1. The van der Waals surface area contributed by atoms with Crippen LogP contribution in [0.2, 0.25) is 0 Å². The number of carbonyl (C=O) groups is 2. The van der Waals surface area contributed by atoms with Crippen LogP contribution in [0.1, 0.15) is 5.56 Å². The highest BCUT2D eigenvalue weighted by molar-refractivity contribution is 7.89. The monoisotopic (exact) mass is 449 g/mol. The second-order valence-electron chi connectivity index (χ2n) is 7.06. The van der Waals surface area contributed by atoms with Crippen LogP contribution in [0.5, 0.6) is 0 Å². The van der Waals surface area contributed by atoms with Crippen molar-refractivity contribution >= 4 is 22.0 Å². The topological polar surface area (TPSA) is 96.0 Å². The molecule has 8 nitrogen and oxygen atoms in total. The zero-order valence-corrected chi connectivity index (χ0v) is 17.8. The fourth-order valence-electron chi connectivity index (χ4n) is 3.31. The first-order chi connectivity index (χ1) is 14.8. The van der Waals surface area contributed by atoms with Gasteiger partial charge in [-0.15, -0.1) is 0 Å². The lowest BCUT2D eigenvalue weighted by molar-refractivity contribution is -0.142. The molecule has 1 heterocycles. The Kier molecular flexibility index (Phi) is 7.24. The number of urea groups is 1. The van der Waals surface area contributed by atoms with E-state index in [1.807, 2.05) is 30.3 Å². The number of hydrogen-bond donors (Lipinski definition) is 1. The minimum atomic E-state index is -3.77. The highest BCUT2D eigenvalue weighted by atomic mass is 32.2. The van der Waals surface area contributed by atoms with Gasteiger partial charge < -0.3 is 15.0 Å². The maximum Gasteiger partial charge on any atom is 0.328 e. The van der Waals surface area contributed by atoms with Crippen molar-refractivity contribution in [1.82, 2.24) is 14.5 Å². The molecule has 0 radical (unpaired) electrons. The molecule has 2 aromatic rings. The third-order valence-corrected chi connectivity index (χ3v) is 6.96. The van der Waals surface area contributed by atoms with E-state index >= 15 is 0 Å². The number of nitrogens with one attached hydrogen (secondary N) is 1. The Bertz CT molecular complexity index is 1010. The van der Waals surface area contributed by atoms with Gasteiger partial charge in [-0.05, 0) is 29.8 Å². The summed E-state index contributed by atoms with van der Waals surface area (Å²) in [5.41, 5.74) is 0.869. The molecule has 1 saturated heterocycles. The van der Waals surface area contributed by atoms with Gasteiger partial charge in [0.25, 0.3) is 0 Å². The van der Waals surface area contributed by atoms with E-state index in [1.165, 1.54) is 28.4 Å². The summed E-state index contributed by atoms with van der Waals surface area (Å²) in [4.78, 5) is 26.3. The Balaban J connectivity index is 1.60. The summed E-state index contributed by atoms with van der Waals surface area (Å²) in [6.07, 6.45) is 0.276. The molecule has 1 aliphatic rings. The summed E-state index contributed by atoms with van der Waals surface area (Å²) in [7, 11) is -2.52. The van der Waals surface area contributed by atoms with Gasteiger partial charge in [-0.2, -0.15) is 4.31 Å². The molecule has 0 saturated carbocycles. The van der Waals surface area contributed by atoms with Crippen molar-refractivity contribution in [2.75, 3.05) is 33.3 Å². The Hall–Kier alpha value is -2.98. The first-order valence-corrected chi connectivity index (χ1v) is 11.2. The van der Waals surface area contributed by atoms with Crippen LogP contribution in [0, 0.1) is 5.82 Å². The van der Waals surface area contributed by atoms with Gasteiger partial charge in [0.1, 0.15) is 11.9 Å². The lowest BCUT2D eigenvalue weighted by Gasteiger charge is -2.34. The fourth-order valence-corrected chi connectivity index (χ4v) is 4.74. The van der Waals surface area contributed by atoms with Crippen LogP contribution in [0.25, 0.3) is 0 Å². The van der Waals surface area contributed by atoms with Crippen molar-refractivity contribution in [2.24, 2.45) is 0 Å². The molecule has 166 valence electrons. The average Bonchev–Trinajstić information content (AvgIpc) is 2.79. The molecule has 10 heteroatoms. The van der Waals surface area contributed by atoms with Crippen LogP contribution in [-0.4, -0.2) is 69.0 Å². The van der Waals surface area contributed by atoms with Gasteiger partial charge in [0.05, 0.1) is 12.0 Å². The van der Waals surface area contributed by atoms with Crippen LogP contribution in [0.15, 0.2) is 59.5 Å². The zero-order valence-electron chi connectivity index (χ0n) is 17.0. The molecule has 31 heavy (non-hydrogen) atoms. The number of benzene rings is 2. The molecule has 1 N–H and O–H groups in total. The summed E-state index contributed by atoms with van der Waals surface area (Å²) in [5.74, 6) is -1.08. The maximum absolute atomic E-state index is 13.1. The molecular weight excluding hydrogens is 425 g/mol. The summed E-state index contributed by atoms with van der Waals surface area (Å²) in [6.45, 7) is 0.500. The first-order valence-electron chi connectivity index (χ1n) is 9.74. The van der Waals surface area contributed by atoms with Gasteiger partial charge in [0.15, 0.2) is 0 Å². The van der Waals surface area contributed by atoms with E-state index in [0.29, 0.717) is 0 Å². The molecule has 1 aliphatic heterocycles. The third-order valence-electron chi connectivity index (χ3n) is 5.04. The van der Waals surface area contributed by atoms with Crippen LogP contribution in [0.3, 0.4) is 0 Å². The predicted octanol–water partition coefficient (Wildman–Crippen LogP) is 1.63. The van der Waals surface area contributed by atoms with Crippen LogP contribution >= 0.6 is 0 Å². The third kappa shape index (κ3) is 5.59. The molecule has 3 rings (SSSR count). The number of esters is 1. The van der Waals surface area contributed by atoms with E-state index in [9.17, 15) is 22.4 Å². The number of carbonyl (C=O) groups excluding carboxylic acids is 2. The molecular formula is C21H24FN3O5S. The van der Waals surface area contributed by atoms with E-state index in [2.05, 4.69) is 5.32 Å². The van der Waals surface area contributed by atoms with Crippen molar-refractivity contribution in [1.29, 1.82) is 0 Å². The molecule has 1 fully saturated rings. The van der Waals surface area contributed by atoms with Gasteiger partial charge in [0.2, 0.25) is 10.0 Å². The van der Waals surface area contributed by atoms with Crippen LogP contribution in [-0.2, 0) is 26.0 Å². The van der Waals surface area contributed by atoms with Crippen molar-refractivity contribution < 1.29 is 27.1 Å². The van der Waals surface area contributed by atoms with Gasteiger partial charge in [-0.1, -0.05) is 30.3 Å². The maximum atomic E-state index is 13.1. The number of amides is 2. The normalized spacial score (nSPS) is 15.9. The quantitative estimate of drug-likeness (QED) is 0.677. The van der Waals surface area contributed by atoms with E-state index in [4.69, 9.17) is 4.74 Å². The fraction of sp³-hybridized carbons (Fsp3) is 0.333. The number of methoxy groups -OCH3 is 1. The molecule has 0 aliphatic carbocycles. The van der Waals surface area contributed by atoms with Crippen LogP contribution < -0.4 is 5.32 Å². The van der Waals surface area contributed by atoms with Crippen molar-refractivity contribution in [3.8, 4) is 0 Å². The standard InChI is InChI=1S/C21H24FN3O5S/c1-30-20(26)19(15-16-5-3-2-4-6-16)23-21(27)24-11-13-25(14-12-24)31(28,29)18-9-7-17(22)8-10-18/h2-10,19H,11-15H2,1H3,(H,23,27)/t19-/m0/s1. The second kappa shape index (κ2) is 9.88. The summed E-state index contributed by atoms with van der Waals surface area (Å²) >= 11 is 0. The minimum Gasteiger partial charge on any atom is -0.467 e. The molecule has 0 spiro atoms. The number of rotatable bonds is 6. The molecule has 2 amide bonds. The number of sulfonamides is 1. The van der Waals surface area contributed by atoms with Crippen molar-refractivity contribution in [2.45, 2.75) is 17.4 Å². The Labute approximate surface area is 180 Å². The van der Waals surface area contributed by atoms with Crippen molar-refractivity contribution in [3.05, 3.63) is 66.0 Å². The number of piperazine rings is 1. The highest BCUT2D eigenvalue weighted by Gasteiger charge is 2.31.